The Morgan fingerprint density at radius 3 is 2.30 bits per heavy atom. The molecule has 0 saturated heterocycles. The van der Waals surface area contributed by atoms with Crippen molar-refractivity contribution in [3.05, 3.63) is 65.5 Å². The molecule has 1 nitrogen and oxygen atoms in total. The molecule has 0 aliphatic heterocycles. The maximum absolute atomic E-state index is 13.5. The molecular weight excluding hydrogens is 263 g/mol. The number of hydrogen-bond donors (Lipinski definition) is 1. The van der Waals surface area contributed by atoms with Gasteiger partial charge in [0.05, 0.1) is 5.69 Å². The Labute approximate surface area is 115 Å². The van der Waals surface area contributed by atoms with Gasteiger partial charge in [-0.25, -0.2) is 13.2 Å². The second kappa shape index (κ2) is 5.19. The third-order valence-electron chi connectivity index (χ3n) is 3.79. The molecule has 1 N–H and O–H groups in total. The highest BCUT2D eigenvalue weighted by atomic mass is 19.2. The lowest BCUT2D eigenvalue weighted by atomic mass is 9.76. The van der Waals surface area contributed by atoms with E-state index < -0.39 is 11.6 Å². The average molecular weight is 277 g/mol. The van der Waals surface area contributed by atoms with Crippen molar-refractivity contribution in [2.75, 3.05) is 5.32 Å². The Kier molecular flexibility index (Phi) is 3.38. The average Bonchev–Trinajstić information content (AvgIpc) is 2.39. The first-order chi connectivity index (χ1) is 9.63. The number of rotatable bonds is 3. The molecule has 0 bridgehead atoms. The fourth-order valence-corrected chi connectivity index (χ4v) is 2.58. The lowest BCUT2D eigenvalue weighted by molar-refractivity contribution is 0.372. The van der Waals surface area contributed by atoms with Gasteiger partial charge in [0.2, 0.25) is 0 Å². The molecule has 0 radical (unpaired) electrons. The summed E-state index contributed by atoms with van der Waals surface area (Å²) in [7, 11) is 0. The lowest BCUT2D eigenvalue weighted by Gasteiger charge is -2.37. The van der Waals surface area contributed by atoms with Gasteiger partial charge >= 0.3 is 0 Å². The Bertz CT molecular complexity index is 604. The van der Waals surface area contributed by atoms with Gasteiger partial charge in [-0.05, 0) is 48.6 Å². The summed E-state index contributed by atoms with van der Waals surface area (Å²) in [6.45, 7) is 0. The second-order valence-corrected chi connectivity index (χ2v) is 5.16. The third kappa shape index (κ3) is 2.50. The summed E-state index contributed by atoms with van der Waals surface area (Å²) in [4.78, 5) is 0. The van der Waals surface area contributed by atoms with Gasteiger partial charge in [-0.3, -0.25) is 0 Å². The summed E-state index contributed by atoms with van der Waals surface area (Å²) in [6.07, 6.45) is 1.67. The van der Waals surface area contributed by atoms with Crippen LogP contribution in [0.3, 0.4) is 0 Å². The summed E-state index contributed by atoms with van der Waals surface area (Å²) in [6, 6.07) is 10.7. The van der Waals surface area contributed by atoms with Crippen LogP contribution < -0.4 is 5.32 Å². The van der Waals surface area contributed by atoms with E-state index in [0.29, 0.717) is 5.92 Å². The fraction of sp³-hybridized carbons (Fsp3) is 0.250. The number of halogens is 3. The van der Waals surface area contributed by atoms with E-state index in [1.807, 2.05) is 0 Å². The minimum atomic E-state index is -0.843. The Morgan fingerprint density at radius 2 is 1.60 bits per heavy atom. The quantitative estimate of drug-likeness (QED) is 0.873. The highest BCUT2D eigenvalue weighted by Crippen LogP contribution is 2.38. The van der Waals surface area contributed by atoms with E-state index in [4.69, 9.17) is 0 Å². The summed E-state index contributed by atoms with van der Waals surface area (Å²) < 4.78 is 39.4. The van der Waals surface area contributed by atoms with Crippen molar-refractivity contribution in [2.45, 2.75) is 24.8 Å². The highest BCUT2D eigenvalue weighted by molar-refractivity contribution is 5.46. The van der Waals surface area contributed by atoms with Crippen LogP contribution in [-0.4, -0.2) is 6.04 Å². The van der Waals surface area contributed by atoms with Gasteiger partial charge in [-0.15, -0.1) is 0 Å². The molecule has 4 heteroatoms. The molecule has 20 heavy (non-hydrogen) atoms. The van der Waals surface area contributed by atoms with E-state index in [9.17, 15) is 13.2 Å². The van der Waals surface area contributed by atoms with Crippen LogP contribution in [0, 0.1) is 17.5 Å². The van der Waals surface area contributed by atoms with E-state index in [1.54, 1.807) is 12.1 Å². The minimum absolute atomic E-state index is 0.126. The molecule has 1 fully saturated rings. The second-order valence-electron chi connectivity index (χ2n) is 5.16. The molecule has 0 aromatic heterocycles. The van der Waals surface area contributed by atoms with Crippen molar-refractivity contribution in [3.63, 3.8) is 0 Å². The normalized spacial score (nSPS) is 21.4. The standard InChI is InChI=1S/C16H14F3N/c17-12-6-4-10(5-7-12)11-8-13(9-11)20-15-3-1-2-14(18)16(15)19/h1-7,11,13,20H,8-9H2. The topological polar surface area (TPSA) is 12.0 Å². The maximum atomic E-state index is 13.5. The molecule has 1 saturated carbocycles. The molecule has 2 aromatic rings. The zero-order valence-electron chi connectivity index (χ0n) is 10.7. The SMILES string of the molecule is Fc1ccc(C2CC(Nc3cccc(F)c3F)C2)cc1. The Hall–Kier alpha value is -1.97. The van der Waals surface area contributed by atoms with Gasteiger partial charge in [0.15, 0.2) is 11.6 Å². The maximum Gasteiger partial charge on any atom is 0.181 e. The zero-order valence-corrected chi connectivity index (χ0v) is 10.7. The summed E-state index contributed by atoms with van der Waals surface area (Å²) >= 11 is 0. The van der Waals surface area contributed by atoms with Crippen molar-refractivity contribution in [3.8, 4) is 0 Å². The van der Waals surface area contributed by atoms with Crippen molar-refractivity contribution in [2.24, 2.45) is 0 Å². The van der Waals surface area contributed by atoms with Crippen LogP contribution in [0.4, 0.5) is 18.9 Å². The highest BCUT2D eigenvalue weighted by Gasteiger charge is 2.30. The summed E-state index contributed by atoms with van der Waals surface area (Å²) in [5.74, 6) is -1.57. The molecule has 1 aliphatic carbocycles. The molecule has 2 aromatic carbocycles. The van der Waals surface area contributed by atoms with E-state index >= 15 is 0 Å². The zero-order chi connectivity index (χ0) is 14.1. The van der Waals surface area contributed by atoms with Crippen LogP contribution >= 0.6 is 0 Å². The van der Waals surface area contributed by atoms with Crippen LogP contribution in [0.25, 0.3) is 0 Å². The Morgan fingerprint density at radius 1 is 0.900 bits per heavy atom. The molecule has 0 atom stereocenters. The van der Waals surface area contributed by atoms with E-state index in [0.717, 1.165) is 24.5 Å². The van der Waals surface area contributed by atoms with Crippen molar-refractivity contribution in [1.82, 2.24) is 0 Å². The molecular formula is C16H14F3N. The van der Waals surface area contributed by atoms with Crippen LogP contribution in [-0.2, 0) is 0 Å². The van der Waals surface area contributed by atoms with Gasteiger partial charge in [0.25, 0.3) is 0 Å². The first-order valence-electron chi connectivity index (χ1n) is 6.59. The van der Waals surface area contributed by atoms with Gasteiger partial charge in [0, 0.05) is 6.04 Å². The van der Waals surface area contributed by atoms with Crippen molar-refractivity contribution in [1.29, 1.82) is 0 Å². The monoisotopic (exact) mass is 277 g/mol. The summed E-state index contributed by atoms with van der Waals surface area (Å²) in [5.41, 5.74) is 1.29. The first-order valence-corrected chi connectivity index (χ1v) is 6.59. The summed E-state index contributed by atoms with van der Waals surface area (Å²) in [5, 5.41) is 3.01. The van der Waals surface area contributed by atoms with Gasteiger partial charge in [0.1, 0.15) is 5.82 Å². The number of anilines is 1. The van der Waals surface area contributed by atoms with Crippen LogP contribution in [0.2, 0.25) is 0 Å². The molecule has 3 rings (SSSR count). The van der Waals surface area contributed by atoms with E-state index in [-0.39, 0.29) is 17.5 Å². The Balaban J connectivity index is 1.61. The van der Waals surface area contributed by atoms with Crippen LogP contribution in [0.1, 0.15) is 24.3 Å². The lowest BCUT2D eigenvalue weighted by Crippen LogP contribution is -2.34. The number of benzene rings is 2. The smallest absolute Gasteiger partial charge is 0.181 e. The van der Waals surface area contributed by atoms with Gasteiger partial charge in [-0.1, -0.05) is 18.2 Å². The molecule has 0 heterocycles. The fourth-order valence-electron chi connectivity index (χ4n) is 2.58. The number of nitrogens with one attached hydrogen (secondary N) is 1. The molecule has 0 spiro atoms. The van der Waals surface area contributed by atoms with Crippen molar-refractivity contribution >= 4 is 5.69 Å². The largest absolute Gasteiger partial charge is 0.380 e. The molecule has 0 amide bonds. The van der Waals surface area contributed by atoms with Gasteiger partial charge < -0.3 is 5.32 Å². The third-order valence-corrected chi connectivity index (χ3v) is 3.79. The molecule has 104 valence electrons. The van der Waals surface area contributed by atoms with E-state index in [2.05, 4.69) is 5.32 Å². The van der Waals surface area contributed by atoms with Gasteiger partial charge in [-0.2, -0.15) is 0 Å². The molecule has 0 unspecified atom stereocenters. The number of hydrogen-bond acceptors (Lipinski definition) is 1. The van der Waals surface area contributed by atoms with Crippen LogP contribution in [0.5, 0.6) is 0 Å². The first kappa shape index (κ1) is 13.0. The van der Waals surface area contributed by atoms with E-state index in [1.165, 1.54) is 24.3 Å². The van der Waals surface area contributed by atoms with Crippen LogP contribution in [0.15, 0.2) is 42.5 Å². The predicted molar refractivity (Wildman–Crippen MR) is 72.1 cm³/mol. The van der Waals surface area contributed by atoms with Crippen molar-refractivity contribution < 1.29 is 13.2 Å². The predicted octanol–water partition coefficient (Wildman–Crippen LogP) is 4.46. The minimum Gasteiger partial charge on any atom is -0.380 e. The molecule has 1 aliphatic rings.